The van der Waals surface area contributed by atoms with Crippen LogP contribution in [0.2, 0.25) is 0 Å². The van der Waals surface area contributed by atoms with Crippen molar-refractivity contribution in [3.8, 4) is 5.75 Å². The van der Waals surface area contributed by atoms with Crippen LogP contribution in [0.25, 0.3) is 0 Å². The quantitative estimate of drug-likeness (QED) is 0.104. The molecule has 1 rings (SSSR count). The smallest absolute Gasteiger partial charge is 0.343 e. The molecule has 0 spiro atoms. The van der Waals surface area contributed by atoms with Crippen LogP contribution in [0.1, 0.15) is 77.5 Å². The Morgan fingerprint density at radius 3 is 2.21 bits per heavy atom. The molecule has 1 atom stereocenters. The first kappa shape index (κ1) is 29.1. The van der Waals surface area contributed by atoms with E-state index in [0.717, 1.165) is 36.7 Å². The molecule has 0 aromatic heterocycles. The lowest BCUT2D eigenvalue weighted by Gasteiger charge is -2.27. The second-order valence-electron chi connectivity index (χ2n) is 9.69. The van der Waals surface area contributed by atoms with Crippen LogP contribution in [-0.4, -0.2) is 12.3 Å². The maximum absolute atomic E-state index is 12.7. The molecule has 0 heterocycles. The Bertz CT molecular complexity index is 992. The zero-order valence-corrected chi connectivity index (χ0v) is 22.4. The molecule has 3 nitrogen and oxygen atoms in total. The maximum atomic E-state index is 12.7. The van der Waals surface area contributed by atoms with Crippen molar-refractivity contribution in [3.05, 3.63) is 88.6 Å². The monoisotopic (exact) mass is 462 g/mol. The van der Waals surface area contributed by atoms with Gasteiger partial charge in [0.2, 0.25) is 0 Å². The van der Waals surface area contributed by atoms with E-state index < -0.39 is 5.97 Å². The molecule has 0 bridgehead atoms. The largest absolute Gasteiger partial charge is 0.422 e. The van der Waals surface area contributed by atoms with Gasteiger partial charge in [0.25, 0.3) is 0 Å². The fourth-order valence-corrected chi connectivity index (χ4v) is 3.70. The molecule has 0 aliphatic rings. The molecule has 184 valence electrons. The fraction of sp³-hybridized carbons (Fsp3) is 0.419. The first-order valence-corrected chi connectivity index (χ1v) is 12.1. The van der Waals surface area contributed by atoms with Gasteiger partial charge in [0.05, 0.1) is 5.57 Å². The van der Waals surface area contributed by atoms with Crippen LogP contribution in [0.5, 0.6) is 5.75 Å². The molecule has 34 heavy (non-hydrogen) atoms. The summed E-state index contributed by atoms with van der Waals surface area (Å²) >= 11 is 0. The summed E-state index contributed by atoms with van der Waals surface area (Å²) in [6, 6.07) is 4.21. The van der Waals surface area contributed by atoms with E-state index in [2.05, 4.69) is 66.0 Å². The first-order valence-electron chi connectivity index (χ1n) is 12.1. The highest BCUT2D eigenvalue weighted by molar-refractivity contribution is 5.93. The number of carbonyl (C=O) groups excluding carboxylic acids is 2. The molecule has 3 heteroatoms. The number of allylic oxidation sites excluding steroid dienone is 6. The molecular weight excluding hydrogens is 420 g/mol. The number of hydrogen-bond donors (Lipinski definition) is 0. The van der Waals surface area contributed by atoms with Crippen LogP contribution >= 0.6 is 0 Å². The van der Waals surface area contributed by atoms with Crippen molar-refractivity contribution < 1.29 is 14.3 Å². The third-order valence-electron chi connectivity index (χ3n) is 6.46. The van der Waals surface area contributed by atoms with Crippen molar-refractivity contribution in [2.24, 2.45) is 5.92 Å². The minimum atomic E-state index is -0.498. The Hall–Kier alpha value is -2.94. The van der Waals surface area contributed by atoms with E-state index in [1.807, 2.05) is 13.8 Å². The highest BCUT2D eigenvalue weighted by atomic mass is 16.5. The summed E-state index contributed by atoms with van der Waals surface area (Å²) in [5.74, 6) is 0.547. The van der Waals surface area contributed by atoms with Gasteiger partial charge in [0.1, 0.15) is 12.0 Å². The van der Waals surface area contributed by atoms with Crippen LogP contribution in [0, 0.1) is 19.8 Å². The molecule has 0 fully saturated rings. The zero-order chi connectivity index (χ0) is 26.1. The van der Waals surface area contributed by atoms with E-state index in [1.165, 1.54) is 22.8 Å². The van der Waals surface area contributed by atoms with E-state index >= 15 is 0 Å². The molecule has 0 radical (unpaired) electrons. The van der Waals surface area contributed by atoms with E-state index in [4.69, 9.17) is 4.74 Å². The van der Waals surface area contributed by atoms with Gasteiger partial charge in [0, 0.05) is 0 Å². The minimum Gasteiger partial charge on any atom is -0.422 e. The highest BCUT2D eigenvalue weighted by Crippen LogP contribution is 2.35. The number of carbonyl (C=O) groups is 2. The Balaban J connectivity index is 3.19. The Kier molecular flexibility index (Phi) is 11.2. The normalized spacial score (nSPS) is 13.9. The SMILES string of the molecule is C=C/C(=C\C=C(/C)C=O)C(=O)Oc1c(C)cc(C(C)(C)C/C=C(/CC)C(=C)C(C)CC)cc1C. The van der Waals surface area contributed by atoms with Gasteiger partial charge >= 0.3 is 5.97 Å². The molecule has 0 aliphatic heterocycles. The molecule has 0 aliphatic carbocycles. The Morgan fingerprint density at radius 2 is 1.74 bits per heavy atom. The number of benzene rings is 1. The molecule has 0 amide bonds. The van der Waals surface area contributed by atoms with E-state index in [9.17, 15) is 9.59 Å². The average molecular weight is 463 g/mol. The maximum Gasteiger partial charge on any atom is 0.343 e. The number of esters is 1. The second-order valence-corrected chi connectivity index (χ2v) is 9.69. The standard InChI is InChI=1S/C31H42O3/c1-11-22(5)25(8)26(12-2)16-17-31(9,10)28-18-23(6)29(24(7)19-28)34-30(33)27(13-3)15-14-21(4)20-32/h13-16,18-20,22H,3,8,11-12,17H2,1-2,4-7,9-10H3/b21-14+,26-16-,27-15+. The van der Waals surface area contributed by atoms with Gasteiger partial charge in [-0.2, -0.15) is 0 Å². The first-order chi connectivity index (χ1) is 15.9. The van der Waals surface area contributed by atoms with Gasteiger partial charge in [-0.15, -0.1) is 0 Å². The summed E-state index contributed by atoms with van der Waals surface area (Å²) in [5, 5.41) is 0. The molecular formula is C31H42O3. The number of aldehydes is 1. The summed E-state index contributed by atoms with van der Waals surface area (Å²) in [6.07, 6.45) is 10.6. The molecule has 0 saturated heterocycles. The summed E-state index contributed by atoms with van der Waals surface area (Å²) in [6.45, 7) is 24.7. The van der Waals surface area contributed by atoms with Gasteiger partial charge in [-0.05, 0) is 90.9 Å². The van der Waals surface area contributed by atoms with Gasteiger partial charge in [0.15, 0.2) is 0 Å². The van der Waals surface area contributed by atoms with Crippen molar-refractivity contribution in [3.63, 3.8) is 0 Å². The summed E-state index contributed by atoms with van der Waals surface area (Å²) in [5.41, 5.74) is 6.31. The van der Waals surface area contributed by atoms with Crippen molar-refractivity contribution in [1.29, 1.82) is 0 Å². The Labute approximate surface area is 207 Å². The minimum absolute atomic E-state index is 0.0858. The van der Waals surface area contributed by atoms with Crippen molar-refractivity contribution in [2.45, 2.75) is 80.1 Å². The second kappa shape index (κ2) is 13.1. The third kappa shape index (κ3) is 7.83. The van der Waals surface area contributed by atoms with Crippen LogP contribution in [-0.2, 0) is 15.0 Å². The molecule has 0 N–H and O–H groups in total. The van der Waals surface area contributed by atoms with Crippen LogP contribution < -0.4 is 4.74 Å². The molecule has 0 saturated carbocycles. The lowest BCUT2D eigenvalue weighted by Crippen LogP contribution is -2.18. The van der Waals surface area contributed by atoms with E-state index in [1.54, 1.807) is 19.1 Å². The summed E-state index contributed by atoms with van der Waals surface area (Å²) in [4.78, 5) is 23.5. The van der Waals surface area contributed by atoms with Gasteiger partial charge in [-0.1, -0.05) is 78.1 Å². The zero-order valence-electron chi connectivity index (χ0n) is 22.4. The average Bonchev–Trinajstić information content (AvgIpc) is 2.80. The van der Waals surface area contributed by atoms with Crippen LogP contribution in [0.15, 0.2) is 71.9 Å². The third-order valence-corrected chi connectivity index (χ3v) is 6.46. The lowest BCUT2D eigenvalue weighted by molar-refractivity contribution is -0.129. The van der Waals surface area contributed by atoms with Gasteiger partial charge in [-0.25, -0.2) is 4.79 Å². The molecule has 1 unspecified atom stereocenters. The van der Waals surface area contributed by atoms with Gasteiger partial charge in [-0.3, -0.25) is 4.79 Å². The molecule has 1 aromatic carbocycles. The Morgan fingerprint density at radius 1 is 1.15 bits per heavy atom. The lowest BCUT2D eigenvalue weighted by atomic mass is 9.78. The number of rotatable bonds is 12. The van der Waals surface area contributed by atoms with Crippen LogP contribution in [0.4, 0.5) is 0 Å². The van der Waals surface area contributed by atoms with Gasteiger partial charge < -0.3 is 4.74 Å². The van der Waals surface area contributed by atoms with E-state index in [0.29, 0.717) is 22.8 Å². The molecule has 1 aromatic rings. The summed E-state index contributed by atoms with van der Waals surface area (Å²) < 4.78 is 5.73. The topological polar surface area (TPSA) is 43.4 Å². The van der Waals surface area contributed by atoms with Crippen molar-refractivity contribution >= 4 is 12.3 Å². The van der Waals surface area contributed by atoms with Crippen LogP contribution in [0.3, 0.4) is 0 Å². The number of aryl methyl sites for hydroxylation is 2. The highest BCUT2D eigenvalue weighted by Gasteiger charge is 2.23. The fourth-order valence-electron chi connectivity index (χ4n) is 3.70. The number of ether oxygens (including phenoxy) is 1. The summed E-state index contributed by atoms with van der Waals surface area (Å²) in [7, 11) is 0. The predicted molar refractivity (Wildman–Crippen MR) is 144 cm³/mol. The van der Waals surface area contributed by atoms with Crippen molar-refractivity contribution in [1.82, 2.24) is 0 Å². The number of hydrogen-bond acceptors (Lipinski definition) is 3. The van der Waals surface area contributed by atoms with E-state index in [-0.39, 0.29) is 5.41 Å². The van der Waals surface area contributed by atoms with Crippen molar-refractivity contribution in [2.75, 3.05) is 0 Å². The predicted octanol–water partition coefficient (Wildman–Crippen LogP) is 8.07.